The Labute approximate surface area is 144 Å². The van der Waals surface area contributed by atoms with Gasteiger partial charge in [0.05, 0.1) is 5.69 Å². The highest BCUT2D eigenvalue weighted by atomic mass is 19.1. The zero-order valence-corrected chi connectivity index (χ0v) is 13.7. The fourth-order valence-electron chi connectivity index (χ4n) is 3.10. The van der Waals surface area contributed by atoms with E-state index in [-0.39, 0.29) is 29.5 Å². The van der Waals surface area contributed by atoms with Crippen LogP contribution in [0.1, 0.15) is 52.5 Å². The molecule has 7 heteroatoms. The van der Waals surface area contributed by atoms with E-state index < -0.39 is 0 Å². The molecule has 1 aliphatic carbocycles. The number of rotatable bonds is 4. The summed E-state index contributed by atoms with van der Waals surface area (Å²) in [5.74, 6) is -0.718. The summed E-state index contributed by atoms with van der Waals surface area (Å²) >= 11 is 0. The van der Waals surface area contributed by atoms with Crippen LogP contribution in [0.25, 0.3) is 0 Å². The van der Waals surface area contributed by atoms with E-state index in [0.717, 1.165) is 37.8 Å². The second-order valence-corrected chi connectivity index (χ2v) is 6.55. The molecule has 1 aromatic heterocycles. The summed E-state index contributed by atoms with van der Waals surface area (Å²) < 4.78 is 14.8. The molecule has 130 valence electrons. The van der Waals surface area contributed by atoms with Crippen molar-refractivity contribution in [3.63, 3.8) is 0 Å². The number of imidazole rings is 1. The highest BCUT2D eigenvalue weighted by Crippen LogP contribution is 2.24. The van der Waals surface area contributed by atoms with Gasteiger partial charge in [0.25, 0.3) is 11.8 Å². The maximum Gasteiger partial charge on any atom is 0.291 e. The number of benzene rings is 1. The van der Waals surface area contributed by atoms with Crippen LogP contribution >= 0.6 is 0 Å². The Morgan fingerprint density at radius 1 is 1.12 bits per heavy atom. The molecule has 1 aromatic carbocycles. The molecule has 6 nitrogen and oxygen atoms in total. The fourth-order valence-corrected chi connectivity index (χ4v) is 3.10. The van der Waals surface area contributed by atoms with E-state index in [0.29, 0.717) is 17.9 Å². The maximum absolute atomic E-state index is 13.0. The molecule has 0 bridgehead atoms. The average Bonchev–Trinajstić information content (AvgIpc) is 3.33. The third kappa shape index (κ3) is 3.26. The van der Waals surface area contributed by atoms with Crippen molar-refractivity contribution in [1.82, 2.24) is 14.9 Å². The Morgan fingerprint density at radius 2 is 1.88 bits per heavy atom. The number of halogens is 1. The number of anilines is 1. The lowest BCUT2D eigenvalue weighted by Crippen LogP contribution is -2.27. The molecule has 4 rings (SSSR count). The van der Waals surface area contributed by atoms with Crippen molar-refractivity contribution in [2.24, 2.45) is 0 Å². The van der Waals surface area contributed by atoms with Crippen LogP contribution in [-0.4, -0.2) is 27.4 Å². The van der Waals surface area contributed by atoms with Crippen molar-refractivity contribution >= 4 is 17.5 Å². The van der Waals surface area contributed by atoms with Crippen LogP contribution in [0.4, 0.5) is 10.1 Å². The van der Waals surface area contributed by atoms with Crippen LogP contribution < -0.4 is 10.6 Å². The molecule has 1 fully saturated rings. The lowest BCUT2D eigenvalue weighted by atomic mass is 10.1. The molecule has 1 aliphatic heterocycles. The first-order valence-electron chi connectivity index (χ1n) is 8.59. The van der Waals surface area contributed by atoms with Gasteiger partial charge >= 0.3 is 0 Å². The zero-order valence-electron chi connectivity index (χ0n) is 13.7. The van der Waals surface area contributed by atoms with Crippen molar-refractivity contribution in [3.05, 3.63) is 47.3 Å². The van der Waals surface area contributed by atoms with Crippen LogP contribution in [0.3, 0.4) is 0 Å². The van der Waals surface area contributed by atoms with Gasteiger partial charge < -0.3 is 15.2 Å². The monoisotopic (exact) mass is 342 g/mol. The molecule has 2 aromatic rings. The first-order chi connectivity index (χ1) is 12.1. The molecule has 0 saturated heterocycles. The van der Waals surface area contributed by atoms with E-state index in [1.165, 1.54) is 24.3 Å². The van der Waals surface area contributed by atoms with Gasteiger partial charge in [0.2, 0.25) is 0 Å². The molecule has 0 atom stereocenters. The lowest BCUT2D eigenvalue weighted by molar-refractivity contribution is 0.0945. The largest absolute Gasteiger partial charge is 0.348 e. The van der Waals surface area contributed by atoms with Gasteiger partial charge in [0.15, 0.2) is 5.82 Å². The normalized spacial score (nSPS) is 16.2. The van der Waals surface area contributed by atoms with E-state index >= 15 is 0 Å². The smallest absolute Gasteiger partial charge is 0.291 e. The summed E-state index contributed by atoms with van der Waals surface area (Å²) in [7, 11) is 0. The molecule has 0 spiro atoms. The number of hydrogen-bond donors (Lipinski definition) is 2. The second-order valence-electron chi connectivity index (χ2n) is 6.55. The quantitative estimate of drug-likeness (QED) is 0.896. The molecule has 2 aliphatic rings. The van der Waals surface area contributed by atoms with Gasteiger partial charge in [0, 0.05) is 18.3 Å². The standard InChI is InChI=1S/C18H19FN4O2/c19-11-4-6-12(7-5-11)21-18(25)16-22-15(17(24)20-13-8-9-13)14-3-1-2-10-23(14)16/h4-7,13H,1-3,8-10H2,(H,20,24)(H,21,25). The van der Waals surface area contributed by atoms with Crippen LogP contribution in [0.15, 0.2) is 24.3 Å². The summed E-state index contributed by atoms with van der Waals surface area (Å²) in [6.45, 7) is 0.672. The Hall–Kier alpha value is -2.70. The topological polar surface area (TPSA) is 76.0 Å². The van der Waals surface area contributed by atoms with Gasteiger partial charge in [-0.25, -0.2) is 9.37 Å². The Kier molecular flexibility index (Phi) is 3.99. The third-order valence-electron chi connectivity index (χ3n) is 4.55. The highest BCUT2D eigenvalue weighted by Gasteiger charge is 2.30. The summed E-state index contributed by atoms with van der Waals surface area (Å²) in [5, 5.41) is 5.66. The number of hydrogen-bond acceptors (Lipinski definition) is 3. The molecule has 1 saturated carbocycles. The van der Waals surface area contributed by atoms with Gasteiger partial charge in [-0.2, -0.15) is 0 Å². The summed E-state index contributed by atoms with van der Waals surface area (Å²) in [6, 6.07) is 5.79. The predicted octanol–water partition coefficient (Wildman–Crippen LogP) is 2.50. The number of fused-ring (bicyclic) bond motifs is 1. The molecule has 2 heterocycles. The average molecular weight is 342 g/mol. The molecule has 0 radical (unpaired) electrons. The molecular formula is C18H19FN4O2. The van der Waals surface area contributed by atoms with Gasteiger partial charge in [-0.05, 0) is 56.4 Å². The molecule has 2 N–H and O–H groups in total. The number of carbonyl (C=O) groups is 2. The minimum atomic E-state index is -0.389. The number of carbonyl (C=O) groups excluding carboxylic acids is 2. The first-order valence-corrected chi connectivity index (χ1v) is 8.59. The third-order valence-corrected chi connectivity index (χ3v) is 4.55. The van der Waals surface area contributed by atoms with E-state index in [2.05, 4.69) is 15.6 Å². The summed E-state index contributed by atoms with van der Waals surface area (Å²) in [5.41, 5.74) is 1.67. The number of aromatic nitrogens is 2. The van der Waals surface area contributed by atoms with Gasteiger partial charge in [-0.3, -0.25) is 9.59 Å². The number of nitrogens with zero attached hydrogens (tertiary/aromatic N) is 2. The highest BCUT2D eigenvalue weighted by molar-refractivity contribution is 6.03. The summed E-state index contributed by atoms with van der Waals surface area (Å²) in [4.78, 5) is 29.4. The fraction of sp³-hybridized carbons (Fsp3) is 0.389. The lowest BCUT2D eigenvalue weighted by Gasteiger charge is -2.17. The van der Waals surface area contributed by atoms with Crippen molar-refractivity contribution in [3.8, 4) is 0 Å². The molecular weight excluding hydrogens is 323 g/mol. The van der Waals surface area contributed by atoms with Crippen molar-refractivity contribution in [1.29, 1.82) is 0 Å². The van der Waals surface area contributed by atoms with Gasteiger partial charge in [0.1, 0.15) is 11.5 Å². The van der Waals surface area contributed by atoms with E-state index in [1.54, 1.807) is 0 Å². The van der Waals surface area contributed by atoms with E-state index in [1.807, 2.05) is 4.57 Å². The molecule has 25 heavy (non-hydrogen) atoms. The first kappa shape index (κ1) is 15.8. The second kappa shape index (κ2) is 6.31. The van der Waals surface area contributed by atoms with Crippen LogP contribution in [0.5, 0.6) is 0 Å². The van der Waals surface area contributed by atoms with Crippen molar-refractivity contribution in [2.75, 3.05) is 5.32 Å². The number of nitrogens with one attached hydrogen (secondary N) is 2. The van der Waals surface area contributed by atoms with Crippen LogP contribution in [-0.2, 0) is 13.0 Å². The van der Waals surface area contributed by atoms with Gasteiger partial charge in [-0.1, -0.05) is 0 Å². The predicted molar refractivity (Wildman–Crippen MR) is 90.0 cm³/mol. The number of amides is 2. The Bertz CT molecular complexity index is 824. The minimum Gasteiger partial charge on any atom is -0.348 e. The molecule has 0 unspecified atom stereocenters. The minimum absolute atomic E-state index is 0.200. The summed E-state index contributed by atoms with van der Waals surface area (Å²) in [6.07, 6.45) is 4.67. The zero-order chi connectivity index (χ0) is 17.4. The maximum atomic E-state index is 13.0. The SMILES string of the molecule is O=C(NC1CC1)c1nc(C(=O)Nc2ccc(F)cc2)n2c1CCCC2. The molecule has 2 amide bonds. The van der Waals surface area contributed by atoms with Crippen LogP contribution in [0, 0.1) is 5.82 Å². The van der Waals surface area contributed by atoms with E-state index in [9.17, 15) is 14.0 Å². The van der Waals surface area contributed by atoms with Crippen molar-refractivity contribution in [2.45, 2.75) is 44.7 Å². The Morgan fingerprint density at radius 3 is 2.60 bits per heavy atom. The van der Waals surface area contributed by atoms with Crippen LogP contribution in [0.2, 0.25) is 0 Å². The Balaban J connectivity index is 1.61. The van der Waals surface area contributed by atoms with E-state index in [4.69, 9.17) is 0 Å². The van der Waals surface area contributed by atoms with Gasteiger partial charge in [-0.15, -0.1) is 0 Å². The van der Waals surface area contributed by atoms with Crippen molar-refractivity contribution < 1.29 is 14.0 Å².